The summed E-state index contributed by atoms with van der Waals surface area (Å²) in [5, 5.41) is 35.0. The molecular weight excluding hydrogens is 667 g/mol. The minimum absolute atomic E-state index is 0.189. The molecule has 1 saturated carbocycles. The number of hydrogen-bond donors (Lipinski definition) is 3. The van der Waals surface area contributed by atoms with Crippen LogP contribution in [0.2, 0.25) is 0 Å². The molecule has 2 fully saturated rings. The summed E-state index contributed by atoms with van der Waals surface area (Å²) in [7, 11) is 1.89. The summed E-state index contributed by atoms with van der Waals surface area (Å²) in [4.78, 5) is 31.1. The van der Waals surface area contributed by atoms with Crippen molar-refractivity contribution in [3.8, 4) is 6.07 Å². The monoisotopic (exact) mass is 709 g/mol. The molecule has 4 heterocycles. The average molecular weight is 710 g/mol. The van der Waals surface area contributed by atoms with Crippen LogP contribution >= 0.6 is 0 Å². The van der Waals surface area contributed by atoms with E-state index >= 15 is 0 Å². The van der Waals surface area contributed by atoms with E-state index < -0.39 is 17.4 Å². The van der Waals surface area contributed by atoms with Crippen molar-refractivity contribution >= 4 is 45.1 Å². The van der Waals surface area contributed by atoms with Crippen molar-refractivity contribution in [1.29, 1.82) is 5.26 Å². The maximum absolute atomic E-state index is 12.1. The smallest absolute Gasteiger partial charge is 0.308 e. The molecule has 11 heteroatoms. The normalized spacial score (nSPS) is 24.4. The van der Waals surface area contributed by atoms with E-state index in [-0.39, 0.29) is 18.1 Å². The van der Waals surface area contributed by atoms with Gasteiger partial charge in [-0.2, -0.15) is 5.26 Å². The molecule has 270 valence electrons. The molecule has 1 aliphatic heterocycles. The predicted molar refractivity (Wildman–Crippen MR) is 204 cm³/mol. The Morgan fingerprint density at radius 1 is 1.17 bits per heavy atom. The highest BCUT2D eigenvalue weighted by molar-refractivity contribution is 5.90. The van der Waals surface area contributed by atoms with Gasteiger partial charge in [-0.15, -0.1) is 0 Å². The lowest BCUT2D eigenvalue weighted by molar-refractivity contribution is -0.141. The van der Waals surface area contributed by atoms with Gasteiger partial charge in [-0.25, -0.2) is 9.97 Å². The lowest BCUT2D eigenvalue weighted by Crippen LogP contribution is -2.42. The van der Waals surface area contributed by atoms with E-state index in [4.69, 9.17) is 19.4 Å². The highest BCUT2D eigenvalue weighted by atomic mass is 16.4. The number of nitriles is 1. The fraction of sp³-hybridized carbons (Fsp3) is 0.357. The van der Waals surface area contributed by atoms with Crippen LogP contribution in [0.4, 0.5) is 11.5 Å². The van der Waals surface area contributed by atoms with Crippen LogP contribution < -0.4 is 10.2 Å². The van der Waals surface area contributed by atoms with Gasteiger partial charge in [-0.1, -0.05) is 49.8 Å². The number of aliphatic hydroxyl groups excluding tert-OH is 1. The summed E-state index contributed by atoms with van der Waals surface area (Å²) in [6.07, 6.45) is 12.6. The number of nitrogens with one attached hydrogen (secondary N) is 1. The highest BCUT2D eigenvalue weighted by Crippen LogP contribution is 2.47. The molecule has 1 saturated heterocycles. The molecule has 3 aliphatic rings. The molecule has 0 radical (unpaired) electrons. The van der Waals surface area contributed by atoms with E-state index in [1.54, 1.807) is 12.3 Å². The molecule has 0 bridgehead atoms. The summed E-state index contributed by atoms with van der Waals surface area (Å²) in [5.41, 5.74) is 5.99. The SMILES string of the molecule is Cc1ccccc1C1=CC=CC(Nc2nccc3cc(CN4CC[C@@H](O)C4)cnc23)(c2nc3cc(N(C)C4CCC[C@@H]4C(=O)O)cc(C#N)c3o2)C1C. The number of benzene rings is 2. The van der Waals surface area contributed by atoms with Gasteiger partial charge < -0.3 is 24.8 Å². The molecule has 11 nitrogen and oxygen atoms in total. The molecule has 2 aromatic carbocycles. The number of rotatable bonds is 9. The summed E-state index contributed by atoms with van der Waals surface area (Å²) in [6, 6.07) is 18.2. The molecule has 5 aromatic rings. The van der Waals surface area contributed by atoms with Gasteiger partial charge in [-0.05, 0) is 78.8 Å². The van der Waals surface area contributed by atoms with Crippen LogP contribution in [-0.4, -0.2) is 68.3 Å². The predicted octanol–water partition coefficient (Wildman–Crippen LogP) is 6.80. The number of carboxylic acids is 1. The zero-order chi connectivity index (χ0) is 36.9. The Labute approximate surface area is 308 Å². The first-order valence-corrected chi connectivity index (χ1v) is 18.3. The number of oxazole rings is 1. The number of hydrogen-bond acceptors (Lipinski definition) is 10. The molecule has 53 heavy (non-hydrogen) atoms. The van der Waals surface area contributed by atoms with Crippen LogP contribution in [0.25, 0.3) is 27.6 Å². The number of β-amino-alcohol motifs (C(OH)–C–C–N with tert-alkyl or cyclic N) is 1. The zero-order valence-corrected chi connectivity index (χ0v) is 30.2. The largest absolute Gasteiger partial charge is 0.481 e. The van der Waals surface area contributed by atoms with Gasteiger partial charge in [0.05, 0.1) is 17.6 Å². The Hall–Kier alpha value is -5.57. The van der Waals surface area contributed by atoms with E-state index in [1.807, 2.05) is 54.6 Å². The molecule has 3 unspecified atom stereocenters. The van der Waals surface area contributed by atoms with Crippen molar-refractivity contribution in [3.63, 3.8) is 0 Å². The van der Waals surface area contributed by atoms with Crippen LogP contribution in [0.15, 0.2) is 83.6 Å². The molecule has 3 aromatic heterocycles. The number of nitrogens with zero attached hydrogens (tertiary/aromatic N) is 6. The summed E-state index contributed by atoms with van der Waals surface area (Å²) < 4.78 is 6.66. The molecule has 3 N–H and O–H groups in total. The Bertz CT molecular complexity index is 2330. The van der Waals surface area contributed by atoms with Crippen molar-refractivity contribution in [1.82, 2.24) is 19.9 Å². The number of allylic oxidation sites excluding steroid dienone is 2. The van der Waals surface area contributed by atoms with Gasteiger partial charge in [0.2, 0.25) is 5.89 Å². The summed E-state index contributed by atoms with van der Waals surface area (Å²) in [6.45, 7) is 6.46. The Morgan fingerprint density at radius 3 is 2.79 bits per heavy atom. The number of likely N-dealkylation sites (tertiary alicyclic amines) is 1. The maximum atomic E-state index is 12.1. The summed E-state index contributed by atoms with van der Waals surface area (Å²) >= 11 is 0. The van der Waals surface area contributed by atoms with Crippen molar-refractivity contribution in [2.45, 2.75) is 63.8 Å². The number of aryl methyl sites for hydroxylation is 1. The second-order valence-electron chi connectivity index (χ2n) is 14.8. The Kier molecular flexibility index (Phi) is 8.96. The minimum Gasteiger partial charge on any atom is -0.481 e. The molecule has 8 rings (SSSR count). The second-order valence-corrected chi connectivity index (χ2v) is 14.8. The molecule has 0 spiro atoms. The van der Waals surface area contributed by atoms with E-state index in [0.717, 1.165) is 59.1 Å². The average Bonchev–Trinajstić information content (AvgIpc) is 3.92. The van der Waals surface area contributed by atoms with Crippen molar-refractivity contribution < 1.29 is 19.4 Å². The van der Waals surface area contributed by atoms with Gasteiger partial charge in [0.25, 0.3) is 0 Å². The molecule has 0 amide bonds. The first-order chi connectivity index (χ1) is 25.6. The number of fused-ring (bicyclic) bond motifs is 2. The zero-order valence-electron chi connectivity index (χ0n) is 30.2. The van der Waals surface area contributed by atoms with Gasteiger partial charge >= 0.3 is 5.97 Å². The van der Waals surface area contributed by atoms with E-state index in [9.17, 15) is 20.3 Å². The number of pyridine rings is 2. The topological polar surface area (TPSA) is 152 Å². The standard InChI is InChI=1S/C42H43N7O4/c1-25-8-4-5-9-32(25)33-11-7-15-42(26(33)2,47-39-37-28(13-16-44-39)18-27(22-45-37)23-49-17-14-31(50)24-49)41-46-35-20-30(19-29(21-43)38(35)53-41)48(3)36-12-6-10-34(36)40(51)52/h4-5,7-9,11,13,15-16,18-20,22,26,31,34,36,50H,6,10,12,14,17,23-24H2,1-3H3,(H,44,47)(H,51,52)/t26?,31-,34+,36?,42?/m1/s1. The van der Waals surface area contributed by atoms with E-state index in [2.05, 4.69) is 54.4 Å². The van der Waals surface area contributed by atoms with Crippen LogP contribution in [0.1, 0.15) is 60.8 Å². The van der Waals surface area contributed by atoms with E-state index in [0.29, 0.717) is 53.4 Å². The molecule has 5 atom stereocenters. The van der Waals surface area contributed by atoms with Crippen LogP contribution in [-0.2, 0) is 16.9 Å². The van der Waals surface area contributed by atoms with Crippen LogP contribution in [0, 0.1) is 30.1 Å². The van der Waals surface area contributed by atoms with Crippen LogP contribution in [0.3, 0.4) is 0 Å². The maximum Gasteiger partial charge on any atom is 0.308 e. The first kappa shape index (κ1) is 34.5. The lowest BCUT2D eigenvalue weighted by Gasteiger charge is -2.39. The minimum atomic E-state index is -1.04. The lowest BCUT2D eigenvalue weighted by atomic mass is 9.73. The van der Waals surface area contributed by atoms with Gasteiger partial charge in [-0.3, -0.25) is 14.7 Å². The fourth-order valence-electron chi connectivity index (χ4n) is 8.58. The first-order valence-electron chi connectivity index (χ1n) is 18.3. The number of anilines is 2. The number of aliphatic carboxylic acids is 1. The third-order valence-electron chi connectivity index (χ3n) is 11.5. The van der Waals surface area contributed by atoms with Gasteiger partial charge in [0.1, 0.15) is 22.6 Å². The Balaban J connectivity index is 1.23. The third kappa shape index (κ3) is 6.22. The van der Waals surface area contributed by atoms with Crippen molar-refractivity contribution in [2.24, 2.45) is 11.8 Å². The highest BCUT2D eigenvalue weighted by Gasteiger charge is 2.45. The number of aliphatic hydroxyl groups is 1. The van der Waals surface area contributed by atoms with Gasteiger partial charge in [0.15, 0.2) is 11.4 Å². The summed E-state index contributed by atoms with van der Waals surface area (Å²) in [5.74, 6) is -0.557. The van der Waals surface area contributed by atoms with Crippen molar-refractivity contribution in [2.75, 3.05) is 30.4 Å². The second kappa shape index (κ2) is 13.8. The molecule has 2 aliphatic carbocycles. The number of aromatic nitrogens is 3. The van der Waals surface area contributed by atoms with Crippen molar-refractivity contribution in [3.05, 3.63) is 107 Å². The Morgan fingerprint density at radius 2 is 2.02 bits per heavy atom. The van der Waals surface area contributed by atoms with Gasteiger partial charge in [0, 0.05) is 62.1 Å². The van der Waals surface area contributed by atoms with Crippen LogP contribution in [0.5, 0.6) is 0 Å². The number of carbonyl (C=O) groups is 1. The fourth-order valence-corrected chi connectivity index (χ4v) is 8.58. The van der Waals surface area contributed by atoms with E-state index in [1.165, 1.54) is 0 Å². The third-order valence-corrected chi connectivity index (χ3v) is 11.5. The quantitative estimate of drug-likeness (QED) is 0.148. The molecular formula is C42H43N7O4. The number of carboxylic acid groups (broad SMARTS) is 1.